The quantitative estimate of drug-likeness (QED) is 0.0406. The summed E-state index contributed by atoms with van der Waals surface area (Å²) in [5, 5.41) is 9.58. The fourth-order valence-corrected chi connectivity index (χ4v) is 4.85. The van der Waals surface area contributed by atoms with Crippen molar-refractivity contribution in [3.63, 3.8) is 0 Å². The Morgan fingerprint density at radius 2 is 0.824 bits per heavy atom. The predicted molar refractivity (Wildman–Crippen MR) is 223 cm³/mol. The topological polar surface area (TPSA) is 55.8 Å². The van der Waals surface area contributed by atoms with E-state index in [0.29, 0.717) is 13.0 Å². The molecule has 0 rings (SSSR count). The molecule has 0 bridgehead atoms. The first-order chi connectivity index (χ1) is 25.2. The van der Waals surface area contributed by atoms with Crippen LogP contribution in [0.25, 0.3) is 0 Å². The number of esters is 1. The minimum absolute atomic E-state index is 0.206. The monoisotopic (exact) mass is 703 g/mol. The lowest BCUT2D eigenvalue weighted by atomic mass is 10.1. The molecule has 0 aliphatic carbocycles. The zero-order valence-electron chi connectivity index (χ0n) is 32.6. The summed E-state index contributed by atoms with van der Waals surface area (Å²) in [6.45, 7) is 4.97. The van der Waals surface area contributed by atoms with E-state index < -0.39 is 6.10 Å². The molecule has 51 heavy (non-hydrogen) atoms. The van der Waals surface area contributed by atoms with E-state index in [2.05, 4.69) is 135 Å². The van der Waals surface area contributed by atoms with Gasteiger partial charge in [-0.2, -0.15) is 0 Å². The Hall–Kier alpha value is -3.21. The summed E-state index contributed by atoms with van der Waals surface area (Å²) in [5.74, 6) is -0.240. The zero-order chi connectivity index (χ0) is 37.0. The summed E-state index contributed by atoms with van der Waals surface area (Å²) in [4.78, 5) is 12.2. The largest absolute Gasteiger partial charge is 0.457 e. The summed E-state index contributed by atoms with van der Waals surface area (Å²) in [6.07, 6.45) is 64.0. The van der Waals surface area contributed by atoms with Crippen molar-refractivity contribution in [3.05, 3.63) is 122 Å². The number of carbonyl (C=O) groups is 1. The number of aliphatic hydroxyl groups excluding tert-OH is 1. The molecule has 0 aliphatic rings. The second-order valence-electron chi connectivity index (χ2n) is 12.6. The van der Waals surface area contributed by atoms with E-state index in [1.165, 1.54) is 12.8 Å². The third-order valence-corrected chi connectivity index (χ3v) is 7.78. The van der Waals surface area contributed by atoms with E-state index in [9.17, 15) is 9.90 Å². The molecule has 0 saturated heterocycles. The molecule has 1 N–H and O–H groups in total. The van der Waals surface area contributed by atoms with Gasteiger partial charge in [0.2, 0.25) is 0 Å². The smallest absolute Gasteiger partial charge is 0.306 e. The third kappa shape index (κ3) is 41.1. The Bertz CT molecular complexity index is 1050. The lowest BCUT2D eigenvalue weighted by Crippen LogP contribution is -2.27. The van der Waals surface area contributed by atoms with Crippen LogP contribution in [0.3, 0.4) is 0 Å². The van der Waals surface area contributed by atoms with Crippen LogP contribution in [0.5, 0.6) is 0 Å². The molecule has 1 unspecified atom stereocenters. The highest BCUT2D eigenvalue weighted by molar-refractivity contribution is 5.69. The van der Waals surface area contributed by atoms with Crippen molar-refractivity contribution in [1.82, 2.24) is 0 Å². The highest BCUT2D eigenvalue weighted by Crippen LogP contribution is 2.10. The van der Waals surface area contributed by atoms with E-state index in [1.807, 2.05) is 0 Å². The number of ether oxygens (including phenoxy) is 2. The van der Waals surface area contributed by atoms with Crippen molar-refractivity contribution in [2.45, 2.75) is 148 Å². The molecule has 4 heteroatoms. The number of allylic oxidation sites excluding steroid dienone is 20. The maximum Gasteiger partial charge on any atom is 0.306 e. The fourth-order valence-electron chi connectivity index (χ4n) is 4.85. The van der Waals surface area contributed by atoms with Gasteiger partial charge in [0.05, 0.1) is 13.2 Å². The third-order valence-electron chi connectivity index (χ3n) is 7.78. The number of carbonyl (C=O) groups excluding carboxylic acids is 1. The first-order valence-electron chi connectivity index (χ1n) is 20.1. The number of hydrogen-bond donors (Lipinski definition) is 1. The summed E-state index contributed by atoms with van der Waals surface area (Å²) in [7, 11) is 0. The molecule has 1 atom stereocenters. The lowest BCUT2D eigenvalue weighted by Gasteiger charge is -2.15. The Morgan fingerprint density at radius 1 is 0.471 bits per heavy atom. The molecule has 0 aromatic rings. The summed E-state index contributed by atoms with van der Waals surface area (Å²) < 4.78 is 11.1. The van der Waals surface area contributed by atoms with Crippen molar-refractivity contribution in [3.8, 4) is 0 Å². The minimum Gasteiger partial charge on any atom is -0.457 e. The molecule has 0 saturated carbocycles. The van der Waals surface area contributed by atoms with Crippen LogP contribution in [0.15, 0.2) is 122 Å². The van der Waals surface area contributed by atoms with Crippen LogP contribution in [-0.2, 0) is 14.3 Å². The van der Waals surface area contributed by atoms with E-state index in [4.69, 9.17) is 9.47 Å². The summed E-state index contributed by atoms with van der Waals surface area (Å²) in [6, 6.07) is 0. The lowest BCUT2D eigenvalue weighted by molar-refractivity contribution is -0.154. The highest BCUT2D eigenvalue weighted by atomic mass is 16.6. The van der Waals surface area contributed by atoms with Gasteiger partial charge in [0.15, 0.2) is 0 Å². The van der Waals surface area contributed by atoms with Gasteiger partial charge in [0.25, 0.3) is 0 Å². The molecule has 286 valence electrons. The van der Waals surface area contributed by atoms with Gasteiger partial charge < -0.3 is 14.6 Å². The molecule has 0 amide bonds. The fraction of sp³-hybridized carbons (Fsp3) is 0.553. The average molecular weight is 703 g/mol. The second-order valence-corrected chi connectivity index (χ2v) is 12.6. The molecule has 0 aromatic carbocycles. The Kier molecular flexibility index (Phi) is 40.3. The van der Waals surface area contributed by atoms with Gasteiger partial charge in [0, 0.05) is 13.0 Å². The van der Waals surface area contributed by atoms with Crippen LogP contribution >= 0.6 is 0 Å². The van der Waals surface area contributed by atoms with Crippen LogP contribution in [0.2, 0.25) is 0 Å². The normalized spacial score (nSPS) is 13.7. The van der Waals surface area contributed by atoms with Gasteiger partial charge >= 0.3 is 5.97 Å². The van der Waals surface area contributed by atoms with E-state index in [-0.39, 0.29) is 19.2 Å². The van der Waals surface area contributed by atoms with Gasteiger partial charge in [0.1, 0.15) is 6.10 Å². The van der Waals surface area contributed by atoms with Gasteiger partial charge in [-0.1, -0.05) is 155 Å². The van der Waals surface area contributed by atoms with E-state index in [0.717, 1.165) is 109 Å². The molecule has 0 aromatic heterocycles. The van der Waals surface area contributed by atoms with E-state index >= 15 is 0 Å². The average Bonchev–Trinajstić information content (AvgIpc) is 3.14. The van der Waals surface area contributed by atoms with Crippen molar-refractivity contribution in [2.75, 3.05) is 19.8 Å². The standard InChI is InChI=1S/C47H74O4/c1-3-5-7-9-11-13-15-17-19-20-21-22-23-24-25-26-27-29-31-33-35-37-39-41-43-50-45-46(44-48)51-47(49)42-40-38-36-34-32-30-28-18-16-14-12-10-8-6-4-2/h5-8,11-14,17-19,21-22,24-25,27-29,33,35,46,48H,3-4,9-10,15-16,20,23,26,30-32,34,36-45H2,1-2H3/b7-5-,8-6-,13-11-,14-12-,19-17-,22-21-,25-24-,28-18-,29-27-,35-33-. The number of aliphatic hydroxyl groups is 1. The first kappa shape index (κ1) is 47.8. The summed E-state index contributed by atoms with van der Waals surface area (Å²) in [5.41, 5.74) is 0. The molecule has 0 spiro atoms. The van der Waals surface area contributed by atoms with Crippen LogP contribution in [0.1, 0.15) is 142 Å². The maximum absolute atomic E-state index is 12.2. The molecule has 0 fully saturated rings. The van der Waals surface area contributed by atoms with E-state index in [1.54, 1.807) is 0 Å². The number of unbranched alkanes of at least 4 members (excludes halogenated alkanes) is 7. The Morgan fingerprint density at radius 3 is 1.24 bits per heavy atom. The summed E-state index contributed by atoms with van der Waals surface area (Å²) >= 11 is 0. The SMILES string of the molecule is CC/C=C\C/C=C\C/C=C\C/C=C\C/C=C\C/C=C\C/C=C\CCCCOCC(CO)OC(=O)CCCCCCC/C=C\C/C=C\C/C=C\CC. The molecule has 0 radical (unpaired) electrons. The second kappa shape index (κ2) is 43.0. The van der Waals surface area contributed by atoms with Crippen molar-refractivity contribution < 1.29 is 19.4 Å². The predicted octanol–water partition coefficient (Wildman–Crippen LogP) is 13.3. The van der Waals surface area contributed by atoms with Crippen LogP contribution in [0, 0.1) is 0 Å². The molecule has 0 heterocycles. The van der Waals surface area contributed by atoms with Crippen LogP contribution < -0.4 is 0 Å². The minimum atomic E-state index is -0.576. The molecule has 0 aliphatic heterocycles. The molecular weight excluding hydrogens is 629 g/mol. The Balaban J connectivity index is 3.64. The Labute approximate surface area is 314 Å². The number of hydrogen-bond acceptors (Lipinski definition) is 4. The van der Waals surface area contributed by atoms with Crippen molar-refractivity contribution in [2.24, 2.45) is 0 Å². The molecule has 4 nitrogen and oxygen atoms in total. The zero-order valence-corrected chi connectivity index (χ0v) is 32.6. The van der Waals surface area contributed by atoms with Crippen molar-refractivity contribution in [1.29, 1.82) is 0 Å². The first-order valence-corrected chi connectivity index (χ1v) is 20.1. The van der Waals surface area contributed by atoms with Gasteiger partial charge in [-0.25, -0.2) is 0 Å². The molecular formula is C47H74O4. The highest BCUT2D eigenvalue weighted by Gasteiger charge is 2.13. The van der Waals surface area contributed by atoms with Gasteiger partial charge in [-0.15, -0.1) is 0 Å². The van der Waals surface area contributed by atoms with Gasteiger partial charge in [-0.3, -0.25) is 4.79 Å². The van der Waals surface area contributed by atoms with Crippen LogP contribution in [0.4, 0.5) is 0 Å². The van der Waals surface area contributed by atoms with Gasteiger partial charge in [-0.05, 0) is 103 Å². The number of rotatable bonds is 35. The maximum atomic E-state index is 12.2. The van der Waals surface area contributed by atoms with Crippen LogP contribution in [-0.4, -0.2) is 37.0 Å². The van der Waals surface area contributed by atoms with Crippen molar-refractivity contribution >= 4 is 5.97 Å².